The number of guanidine groups is 1. The van der Waals surface area contributed by atoms with Gasteiger partial charge in [0.15, 0.2) is 5.96 Å². The van der Waals surface area contributed by atoms with Crippen molar-refractivity contribution in [3.8, 4) is 0 Å². The van der Waals surface area contributed by atoms with Gasteiger partial charge in [-0.25, -0.2) is 9.79 Å². The number of carbonyl (C=O) groups is 4. The highest BCUT2D eigenvalue weighted by Gasteiger charge is 2.32. The number of alkyl halides is 3. The summed E-state index contributed by atoms with van der Waals surface area (Å²) >= 11 is 0. The lowest BCUT2D eigenvalue weighted by atomic mass is 9.98. The Balaban J connectivity index is 2.20. The second-order valence-electron chi connectivity index (χ2n) is 7.10. The number of benzene rings is 2. The van der Waals surface area contributed by atoms with Gasteiger partial charge in [0, 0.05) is 5.56 Å². The van der Waals surface area contributed by atoms with Gasteiger partial charge in [0.25, 0.3) is 5.91 Å². The van der Waals surface area contributed by atoms with Crippen LogP contribution < -0.4 is 22.1 Å². The van der Waals surface area contributed by atoms with Crippen molar-refractivity contribution in [3.63, 3.8) is 0 Å². The Bertz CT molecular complexity index is 1180. The first kappa shape index (κ1) is 26.6. The van der Waals surface area contributed by atoms with E-state index in [0.29, 0.717) is 12.1 Å². The summed E-state index contributed by atoms with van der Waals surface area (Å²) in [7, 11) is 0. The molecule has 11 nitrogen and oxygen atoms in total. The molecule has 1 unspecified atom stereocenters. The maximum Gasteiger partial charge on any atom is 0.416 e. The largest absolute Gasteiger partial charge is 0.481 e. The maximum absolute atomic E-state index is 13.2. The fourth-order valence-electron chi connectivity index (χ4n) is 3.04. The minimum atomic E-state index is -4.82. The summed E-state index contributed by atoms with van der Waals surface area (Å²) in [5, 5.41) is 22.9. The van der Waals surface area contributed by atoms with Crippen molar-refractivity contribution < 1.29 is 42.6 Å². The average Bonchev–Trinajstić information content (AvgIpc) is 2.75. The second-order valence-corrected chi connectivity index (χ2v) is 7.10. The number of amides is 2. The number of carboxylic acids is 2. The van der Waals surface area contributed by atoms with Crippen LogP contribution in [-0.2, 0) is 15.8 Å². The maximum atomic E-state index is 13.2. The van der Waals surface area contributed by atoms with Crippen molar-refractivity contribution in [2.24, 2.45) is 16.5 Å². The van der Waals surface area contributed by atoms with Crippen LogP contribution in [0, 0.1) is 0 Å². The molecule has 0 saturated heterocycles. The van der Waals surface area contributed by atoms with Crippen LogP contribution in [0.1, 0.15) is 44.3 Å². The predicted molar refractivity (Wildman–Crippen MR) is 116 cm³/mol. The number of nitrogens with two attached hydrogens (primary N) is 2. The summed E-state index contributed by atoms with van der Waals surface area (Å²) in [5.74, 6) is -5.21. The number of aliphatic carboxylic acids is 1. The normalized spacial score (nSPS) is 11.7. The Labute approximate surface area is 195 Å². The summed E-state index contributed by atoms with van der Waals surface area (Å²) < 4.78 is 39.5. The topological polar surface area (TPSA) is 197 Å². The molecule has 186 valence electrons. The quantitative estimate of drug-likeness (QED) is 0.221. The number of halogens is 3. The summed E-state index contributed by atoms with van der Waals surface area (Å²) in [6, 6.07) is 6.29. The molecule has 35 heavy (non-hydrogen) atoms. The molecular formula is C21H20F3N5O6. The van der Waals surface area contributed by atoms with Gasteiger partial charge in [-0.15, -0.1) is 0 Å². The molecule has 0 fully saturated rings. The number of rotatable bonds is 9. The van der Waals surface area contributed by atoms with E-state index < -0.39 is 66.0 Å². The Morgan fingerprint density at radius 2 is 1.69 bits per heavy atom. The van der Waals surface area contributed by atoms with E-state index in [1.54, 1.807) is 0 Å². The predicted octanol–water partition coefficient (Wildman–Crippen LogP) is 1.37. The van der Waals surface area contributed by atoms with E-state index in [-0.39, 0.29) is 16.8 Å². The Morgan fingerprint density at radius 1 is 1.03 bits per heavy atom. The zero-order chi connectivity index (χ0) is 26.3. The molecule has 8 N–H and O–H groups in total. The van der Waals surface area contributed by atoms with Crippen molar-refractivity contribution in [1.29, 1.82) is 0 Å². The highest BCUT2D eigenvalue weighted by Crippen LogP contribution is 2.32. The van der Waals surface area contributed by atoms with E-state index in [0.717, 1.165) is 6.07 Å². The fraction of sp³-hybridized carbons (Fsp3) is 0.190. The molecule has 1 atom stereocenters. The van der Waals surface area contributed by atoms with Crippen LogP contribution in [0.2, 0.25) is 0 Å². The van der Waals surface area contributed by atoms with E-state index in [2.05, 4.69) is 15.6 Å². The molecule has 0 radical (unpaired) electrons. The van der Waals surface area contributed by atoms with Gasteiger partial charge >= 0.3 is 18.1 Å². The third-order valence-corrected chi connectivity index (χ3v) is 4.46. The number of hydrogen-bond donors (Lipinski definition) is 6. The summed E-state index contributed by atoms with van der Waals surface area (Å²) in [6.45, 7) is -0.752. The van der Waals surface area contributed by atoms with Crippen molar-refractivity contribution in [3.05, 3.63) is 64.7 Å². The first-order valence-corrected chi connectivity index (χ1v) is 9.71. The van der Waals surface area contributed by atoms with Gasteiger partial charge in [-0.1, -0.05) is 18.2 Å². The van der Waals surface area contributed by atoms with Crippen molar-refractivity contribution >= 4 is 35.4 Å². The number of carboxylic acid groups (broad SMARTS) is 2. The van der Waals surface area contributed by atoms with E-state index in [1.807, 2.05) is 0 Å². The first-order valence-electron chi connectivity index (χ1n) is 9.71. The number of carbonyl (C=O) groups excluding carboxylic acids is 2. The number of aromatic carboxylic acids is 1. The van der Waals surface area contributed by atoms with E-state index in [9.17, 15) is 37.5 Å². The zero-order valence-corrected chi connectivity index (χ0v) is 17.8. The number of nitrogens with zero attached hydrogens (tertiary/aromatic N) is 1. The van der Waals surface area contributed by atoms with Crippen LogP contribution in [0.5, 0.6) is 0 Å². The molecule has 0 bridgehead atoms. The summed E-state index contributed by atoms with van der Waals surface area (Å²) in [5.41, 5.74) is 8.09. The lowest BCUT2D eigenvalue weighted by Gasteiger charge is -2.19. The average molecular weight is 495 g/mol. The highest BCUT2D eigenvalue weighted by molar-refractivity contribution is 5.98. The minimum absolute atomic E-state index is 0.0156. The van der Waals surface area contributed by atoms with Crippen LogP contribution in [0.3, 0.4) is 0 Å². The Hall–Kier alpha value is -4.62. The van der Waals surface area contributed by atoms with Gasteiger partial charge in [-0.05, 0) is 29.8 Å². The molecule has 0 aliphatic rings. The lowest BCUT2D eigenvalue weighted by Crippen LogP contribution is -2.39. The van der Waals surface area contributed by atoms with Crippen LogP contribution in [0.25, 0.3) is 0 Å². The zero-order valence-electron chi connectivity index (χ0n) is 17.8. The van der Waals surface area contributed by atoms with E-state index in [1.165, 1.54) is 24.3 Å². The molecule has 14 heteroatoms. The molecule has 0 heterocycles. The molecule has 0 saturated carbocycles. The third-order valence-electron chi connectivity index (χ3n) is 4.46. The third kappa shape index (κ3) is 7.73. The van der Waals surface area contributed by atoms with Gasteiger partial charge in [-0.3, -0.25) is 14.4 Å². The van der Waals surface area contributed by atoms with Crippen LogP contribution >= 0.6 is 0 Å². The summed E-state index contributed by atoms with van der Waals surface area (Å²) in [4.78, 5) is 50.9. The SMILES string of the molecule is NC(N)=Nc1cc(C(=O)NCC(=O)NC(CC(=O)O)c2ccccc2C(=O)O)cc(C(F)(F)F)c1. The smallest absolute Gasteiger partial charge is 0.416 e. The van der Waals surface area contributed by atoms with Crippen molar-refractivity contribution in [2.75, 3.05) is 6.54 Å². The standard InChI is InChI=1S/C21H20F3N5O6/c22-21(23,24)11-5-10(6-12(7-11)28-20(25)26)18(33)27-9-16(30)29-15(8-17(31)32)13-3-1-2-4-14(13)19(34)35/h1-7,15H,8-9H2,(H,27,33)(H,29,30)(H,31,32)(H,34,35)(H4,25,26,28). The molecule has 2 aromatic carbocycles. The van der Waals surface area contributed by atoms with Crippen LogP contribution in [0.15, 0.2) is 47.5 Å². The van der Waals surface area contributed by atoms with E-state index >= 15 is 0 Å². The van der Waals surface area contributed by atoms with Gasteiger partial charge in [0.2, 0.25) is 5.91 Å². The highest BCUT2D eigenvalue weighted by atomic mass is 19.4. The number of nitrogens with one attached hydrogen (secondary N) is 2. The van der Waals surface area contributed by atoms with Gasteiger partial charge < -0.3 is 32.3 Å². The fourth-order valence-corrected chi connectivity index (χ4v) is 3.04. The van der Waals surface area contributed by atoms with Crippen LogP contribution in [0.4, 0.5) is 18.9 Å². The number of hydrogen-bond acceptors (Lipinski definition) is 5. The molecular weight excluding hydrogens is 475 g/mol. The van der Waals surface area contributed by atoms with E-state index in [4.69, 9.17) is 16.6 Å². The molecule has 0 aliphatic carbocycles. The molecule has 2 rings (SSSR count). The molecule has 2 amide bonds. The molecule has 0 spiro atoms. The lowest BCUT2D eigenvalue weighted by molar-refractivity contribution is -0.138. The van der Waals surface area contributed by atoms with Crippen molar-refractivity contribution in [2.45, 2.75) is 18.6 Å². The molecule has 0 aromatic heterocycles. The van der Waals surface area contributed by atoms with Gasteiger partial charge in [-0.2, -0.15) is 13.2 Å². The second kappa shape index (κ2) is 11.0. The molecule has 2 aromatic rings. The first-order chi connectivity index (χ1) is 16.3. The molecule has 0 aliphatic heterocycles. The Morgan fingerprint density at radius 3 is 2.26 bits per heavy atom. The monoisotopic (exact) mass is 495 g/mol. The van der Waals surface area contributed by atoms with Gasteiger partial charge in [0.1, 0.15) is 0 Å². The summed E-state index contributed by atoms with van der Waals surface area (Å²) in [6.07, 6.45) is -5.48. The van der Waals surface area contributed by atoms with Gasteiger partial charge in [0.05, 0.1) is 35.8 Å². The Kier molecular flexibility index (Phi) is 8.37. The number of aliphatic imine (C=N–C) groups is 1. The minimum Gasteiger partial charge on any atom is -0.481 e. The van der Waals surface area contributed by atoms with Crippen LogP contribution in [-0.4, -0.2) is 46.5 Å². The van der Waals surface area contributed by atoms with Crippen molar-refractivity contribution in [1.82, 2.24) is 10.6 Å².